The molecule has 2 heterocycles. The second-order valence-electron chi connectivity index (χ2n) is 9.18. The minimum absolute atomic E-state index is 0. The lowest BCUT2D eigenvalue weighted by Crippen LogP contribution is -2.25. The average Bonchev–Trinajstić information content (AvgIpc) is 3.38. The molecule has 0 N–H and O–H groups in total. The van der Waals surface area contributed by atoms with Crippen molar-refractivity contribution in [2.45, 2.75) is 71.1 Å². The number of hydrogen-bond acceptors (Lipinski definition) is 2. The van der Waals surface area contributed by atoms with E-state index in [2.05, 4.69) is 83.2 Å². The van der Waals surface area contributed by atoms with E-state index in [4.69, 9.17) is 0 Å². The quantitative estimate of drug-likeness (QED) is 0.167. The van der Waals surface area contributed by atoms with Gasteiger partial charge in [0.1, 0.15) is 0 Å². The molecular formula is C28H40IN3. The molecule has 3 aromatic rings. The lowest BCUT2D eigenvalue weighted by atomic mass is 10.1. The number of para-hydroxylation sites is 1. The summed E-state index contributed by atoms with van der Waals surface area (Å²) in [7, 11) is 2.16. The van der Waals surface area contributed by atoms with E-state index >= 15 is 0 Å². The average molecular weight is 546 g/mol. The first-order chi connectivity index (χ1) is 15.3. The van der Waals surface area contributed by atoms with E-state index in [0.717, 1.165) is 6.67 Å². The number of hydrogen-bond donors (Lipinski definition) is 0. The van der Waals surface area contributed by atoms with Crippen LogP contribution in [0.15, 0.2) is 54.9 Å². The third-order valence-electron chi connectivity index (χ3n) is 6.82. The number of rotatable bonds is 12. The molecule has 1 aliphatic heterocycles. The molecule has 32 heavy (non-hydrogen) atoms. The predicted octanol–water partition coefficient (Wildman–Crippen LogP) is 8.42. The Kier molecular flexibility index (Phi) is 9.76. The van der Waals surface area contributed by atoms with Gasteiger partial charge in [-0.15, -0.1) is 24.0 Å². The SMILES string of the molecule is CCCCCCCCCCCCN1C=CN(c2ccc3c(c2)c2ccccc2n3C)C1.I. The summed E-state index contributed by atoms with van der Waals surface area (Å²) < 4.78 is 2.30. The van der Waals surface area contributed by atoms with Crippen LogP contribution in [0.1, 0.15) is 71.1 Å². The lowest BCUT2D eigenvalue weighted by Gasteiger charge is -2.21. The summed E-state index contributed by atoms with van der Waals surface area (Å²) in [5.41, 5.74) is 3.88. The Morgan fingerprint density at radius 3 is 2.12 bits per heavy atom. The maximum absolute atomic E-state index is 2.46. The van der Waals surface area contributed by atoms with Gasteiger partial charge in [-0.1, -0.05) is 82.9 Å². The summed E-state index contributed by atoms with van der Waals surface area (Å²) in [6.45, 7) is 4.42. The summed E-state index contributed by atoms with van der Waals surface area (Å²) in [6.07, 6.45) is 18.5. The van der Waals surface area contributed by atoms with Gasteiger partial charge in [0.15, 0.2) is 0 Å². The van der Waals surface area contributed by atoms with Gasteiger partial charge in [-0.3, -0.25) is 0 Å². The van der Waals surface area contributed by atoms with Crippen molar-refractivity contribution in [1.29, 1.82) is 0 Å². The van der Waals surface area contributed by atoms with Gasteiger partial charge in [-0.25, -0.2) is 0 Å². The first-order valence-electron chi connectivity index (χ1n) is 12.4. The summed E-state index contributed by atoms with van der Waals surface area (Å²) >= 11 is 0. The molecule has 1 aliphatic rings. The third kappa shape index (κ3) is 6.00. The van der Waals surface area contributed by atoms with Crippen LogP contribution in [0, 0.1) is 0 Å². The molecule has 4 rings (SSSR count). The number of halogens is 1. The highest BCUT2D eigenvalue weighted by molar-refractivity contribution is 14.0. The van der Waals surface area contributed by atoms with Gasteiger partial charge in [0, 0.05) is 53.5 Å². The monoisotopic (exact) mass is 545 g/mol. The first-order valence-corrected chi connectivity index (χ1v) is 12.4. The number of aryl methyl sites for hydroxylation is 1. The Bertz CT molecular complexity index is 1010. The van der Waals surface area contributed by atoms with E-state index in [1.54, 1.807) is 0 Å². The Labute approximate surface area is 211 Å². The zero-order valence-corrected chi connectivity index (χ0v) is 22.3. The highest BCUT2D eigenvalue weighted by atomic mass is 127. The topological polar surface area (TPSA) is 11.4 Å². The molecule has 2 aromatic carbocycles. The second kappa shape index (κ2) is 12.5. The maximum Gasteiger partial charge on any atom is 0.0941 e. The molecule has 0 spiro atoms. The van der Waals surface area contributed by atoms with E-state index in [0.29, 0.717) is 0 Å². The Morgan fingerprint density at radius 2 is 1.38 bits per heavy atom. The van der Waals surface area contributed by atoms with Gasteiger partial charge < -0.3 is 14.4 Å². The van der Waals surface area contributed by atoms with Crippen molar-refractivity contribution in [3.63, 3.8) is 0 Å². The van der Waals surface area contributed by atoms with Gasteiger partial charge in [0.2, 0.25) is 0 Å². The smallest absolute Gasteiger partial charge is 0.0941 e. The van der Waals surface area contributed by atoms with Crippen LogP contribution >= 0.6 is 24.0 Å². The zero-order chi connectivity index (χ0) is 21.5. The minimum Gasteiger partial charge on any atom is -0.358 e. The van der Waals surface area contributed by atoms with Crippen molar-refractivity contribution in [1.82, 2.24) is 9.47 Å². The molecule has 0 saturated heterocycles. The molecule has 0 unspecified atom stereocenters. The summed E-state index contributed by atoms with van der Waals surface area (Å²) in [5, 5.41) is 2.68. The molecule has 1 aromatic heterocycles. The van der Waals surface area contributed by atoms with Crippen LogP contribution in [-0.4, -0.2) is 22.7 Å². The molecular weight excluding hydrogens is 505 g/mol. The number of anilines is 1. The van der Waals surface area contributed by atoms with E-state index in [1.165, 1.54) is 98.2 Å². The van der Waals surface area contributed by atoms with Crippen molar-refractivity contribution in [2.75, 3.05) is 18.1 Å². The largest absolute Gasteiger partial charge is 0.358 e. The van der Waals surface area contributed by atoms with E-state index in [-0.39, 0.29) is 24.0 Å². The first kappa shape index (κ1) is 24.9. The molecule has 0 radical (unpaired) electrons. The number of benzene rings is 2. The Hall–Kier alpha value is -1.69. The normalized spacial score (nSPS) is 13.4. The van der Waals surface area contributed by atoms with Crippen molar-refractivity contribution >= 4 is 51.5 Å². The van der Waals surface area contributed by atoms with Crippen LogP contribution in [0.25, 0.3) is 21.8 Å². The molecule has 174 valence electrons. The van der Waals surface area contributed by atoms with Crippen LogP contribution in [0.2, 0.25) is 0 Å². The van der Waals surface area contributed by atoms with Gasteiger partial charge in [0.25, 0.3) is 0 Å². The predicted molar refractivity (Wildman–Crippen MR) is 151 cm³/mol. The number of unbranched alkanes of at least 4 members (excludes halogenated alkanes) is 9. The lowest BCUT2D eigenvalue weighted by molar-refractivity contribution is 0.388. The molecule has 0 amide bonds. The van der Waals surface area contributed by atoms with Crippen LogP contribution in [0.4, 0.5) is 5.69 Å². The summed E-state index contributed by atoms with van der Waals surface area (Å²) in [5.74, 6) is 0. The van der Waals surface area contributed by atoms with Crippen molar-refractivity contribution in [3.8, 4) is 0 Å². The number of nitrogens with zero attached hydrogens (tertiary/aromatic N) is 3. The standard InChI is InChI=1S/C28H39N3.HI/c1-3-4-5-6-7-8-9-10-11-14-19-30-20-21-31(23-30)24-17-18-28-26(22-24)25-15-12-13-16-27(25)29(28)2;/h12-13,15-18,20-22H,3-11,14,19,23H2,1-2H3;1H. The highest BCUT2D eigenvalue weighted by Crippen LogP contribution is 2.32. The molecule has 3 nitrogen and oxygen atoms in total. The van der Waals surface area contributed by atoms with Crippen LogP contribution in [-0.2, 0) is 7.05 Å². The molecule has 0 saturated carbocycles. The maximum atomic E-state index is 2.46. The van der Waals surface area contributed by atoms with E-state index in [9.17, 15) is 0 Å². The van der Waals surface area contributed by atoms with Crippen molar-refractivity contribution < 1.29 is 0 Å². The molecule has 0 aliphatic carbocycles. The molecule has 0 fully saturated rings. The molecule has 0 bridgehead atoms. The summed E-state index contributed by atoms with van der Waals surface area (Å²) in [6, 6.07) is 15.6. The fourth-order valence-corrected chi connectivity index (χ4v) is 4.91. The number of fused-ring (bicyclic) bond motifs is 3. The second-order valence-corrected chi connectivity index (χ2v) is 9.18. The molecule has 0 atom stereocenters. The van der Waals surface area contributed by atoms with Crippen LogP contribution in [0.3, 0.4) is 0 Å². The van der Waals surface area contributed by atoms with E-state index in [1.807, 2.05) is 0 Å². The van der Waals surface area contributed by atoms with Gasteiger partial charge in [-0.2, -0.15) is 0 Å². The van der Waals surface area contributed by atoms with Crippen molar-refractivity contribution in [2.24, 2.45) is 7.05 Å². The summed E-state index contributed by atoms with van der Waals surface area (Å²) in [4.78, 5) is 4.83. The van der Waals surface area contributed by atoms with Gasteiger partial charge in [-0.05, 0) is 30.7 Å². The Balaban J connectivity index is 0.00000289. The van der Waals surface area contributed by atoms with Crippen LogP contribution < -0.4 is 4.90 Å². The van der Waals surface area contributed by atoms with Crippen molar-refractivity contribution in [3.05, 3.63) is 54.9 Å². The zero-order valence-electron chi connectivity index (χ0n) is 19.9. The highest BCUT2D eigenvalue weighted by Gasteiger charge is 2.15. The van der Waals surface area contributed by atoms with Crippen LogP contribution in [0.5, 0.6) is 0 Å². The van der Waals surface area contributed by atoms with E-state index < -0.39 is 0 Å². The Morgan fingerprint density at radius 1 is 0.719 bits per heavy atom. The molecule has 4 heteroatoms. The fraction of sp³-hybridized carbons (Fsp3) is 0.500. The minimum atomic E-state index is 0. The number of aromatic nitrogens is 1. The third-order valence-corrected chi connectivity index (χ3v) is 6.82. The van der Waals surface area contributed by atoms with Gasteiger partial charge in [0.05, 0.1) is 6.67 Å². The van der Waals surface area contributed by atoms with Gasteiger partial charge >= 0.3 is 0 Å². The fourth-order valence-electron chi connectivity index (χ4n) is 4.91.